The Morgan fingerprint density at radius 1 is 1.08 bits per heavy atom. The Balaban J connectivity index is 1.60. The van der Waals surface area contributed by atoms with E-state index in [1.54, 1.807) is 10.7 Å². The molecule has 1 atom stereocenters. The largest absolute Gasteiger partial charge is 0.451 e. The van der Waals surface area contributed by atoms with Crippen LogP contribution in [0.25, 0.3) is 10.9 Å². The van der Waals surface area contributed by atoms with Gasteiger partial charge in [-0.15, -0.1) is 5.10 Å². The topological polar surface area (TPSA) is 117 Å². The van der Waals surface area contributed by atoms with E-state index in [-0.39, 0.29) is 16.6 Å². The number of nitriles is 1. The van der Waals surface area contributed by atoms with Crippen molar-refractivity contribution in [1.29, 1.82) is 5.26 Å². The normalized spacial score (nSPS) is 12.0. The Morgan fingerprint density at radius 2 is 1.89 bits per heavy atom. The van der Waals surface area contributed by atoms with Crippen molar-refractivity contribution < 1.29 is 8.81 Å². The average Bonchev–Trinajstić information content (AvgIpc) is 3.58. The third kappa shape index (κ3) is 4.91. The molecule has 0 aliphatic rings. The minimum atomic E-state index is -0.546. The van der Waals surface area contributed by atoms with E-state index in [0.717, 1.165) is 0 Å². The van der Waals surface area contributed by atoms with Gasteiger partial charge in [-0.2, -0.15) is 5.26 Å². The van der Waals surface area contributed by atoms with Crippen LogP contribution in [0.1, 0.15) is 42.9 Å². The minimum absolute atomic E-state index is 0.0489. The number of rotatable bonds is 7. The summed E-state index contributed by atoms with van der Waals surface area (Å²) >= 11 is 12.6. The monoisotopic (exact) mass is 536 g/mol. The molecule has 3 heterocycles. The fraction of sp³-hybridized carbons (Fsp3) is 0.160. The summed E-state index contributed by atoms with van der Waals surface area (Å²) in [5.74, 6) is -0.546. The summed E-state index contributed by atoms with van der Waals surface area (Å²) in [6.07, 6.45) is 6.12. The van der Waals surface area contributed by atoms with Crippen molar-refractivity contribution in [3.05, 3.63) is 88.2 Å². The zero-order chi connectivity index (χ0) is 26.1. The molecule has 9 nitrogen and oxygen atoms in total. The number of hydrogen-bond donors (Lipinski definition) is 2. The fourth-order valence-corrected chi connectivity index (χ4v) is 4.23. The minimum Gasteiger partial charge on any atom is -0.451 e. The van der Waals surface area contributed by atoms with Crippen molar-refractivity contribution >= 4 is 51.2 Å². The van der Waals surface area contributed by atoms with Crippen LogP contribution in [0, 0.1) is 17.1 Å². The first-order valence-electron chi connectivity index (χ1n) is 11.1. The predicted octanol–water partition coefficient (Wildman–Crippen LogP) is 6.66. The summed E-state index contributed by atoms with van der Waals surface area (Å²) in [4.78, 5) is 8.67. The number of aromatic nitrogens is 5. The van der Waals surface area contributed by atoms with E-state index in [4.69, 9.17) is 27.6 Å². The second-order valence-electron chi connectivity index (χ2n) is 8.47. The highest BCUT2D eigenvalue weighted by Crippen LogP contribution is 2.37. The molecule has 2 N–H and O–H groups in total. The first-order valence-corrected chi connectivity index (χ1v) is 11.9. The van der Waals surface area contributed by atoms with E-state index < -0.39 is 11.9 Å². The molecular formula is C25H19Cl2FN8O. The molecule has 5 rings (SSSR count). The van der Waals surface area contributed by atoms with Crippen LogP contribution in [0.4, 0.5) is 21.5 Å². The average molecular weight is 537 g/mol. The molecule has 0 bridgehead atoms. The number of nitrogens with one attached hydrogen (secondary N) is 2. The summed E-state index contributed by atoms with van der Waals surface area (Å²) < 4.78 is 20.7. The number of pyridine rings is 1. The lowest BCUT2D eigenvalue weighted by atomic mass is 10.1. The molecule has 0 amide bonds. The van der Waals surface area contributed by atoms with Crippen LogP contribution in [0.5, 0.6) is 0 Å². The zero-order valence-electron chi connectivity index (χ0n) is 19.6. The highest BCUT2D eigenvalue weighted by atomic mass is 35.5. The van der Waals surface area contributed by atoms with E-state index in [1.165, 1.54) is 37.1 Å². The molecule has 37 heavy (non-hydrogen) atoms. The van der Waals surface area contributed by atoms with Crippen LogP contribution in [-0.2, 0) is 0 Å². The van der Waals surface area contributed by atoms with Crippen LogP contribution in [0.15, 0.2) is 59.8 Å². The number of oxazole rings is 1. The predicted molar refractivity (Wildman–Crippen MR) is 139 cm³/mol. The molecule has 3 aromatic heterocycles. The van der Waals surface area contributed by atoms with Crippen LogP contribution in [-0.4, -0.2) is 25.0 Å². The van der Waals surface area contributed by atoms with Crippen LogP contribution in [0.2, 0.25) is 10.0 Å². The second kappa shape index (κ2) is 10.0. The van der Waals surface area contributed by atoms with Crippen molar-refractivity contribution in [2.45, 2.75) is 25.9 Å². The smallest absolute Gasteiger partial charge is 0.180 e. The lowest BCUT2D eigenvalue weighted by Gasteiger charge is -2.18. The van der Waals surface area contributed by atoms with Crippen molar-refractivity contribution in [2.75, 3.05) is 10.6 Å². The van der Waals surface area contributed by atoms with Gasteiger partial charge in [0, 0.05) is 29.0 Å². The summed E-state index contributed by atoms with van der Waals surface area (Å²) in [7, 11) is 0. The zero-order valence-corrected chi connectivity index (χ0v) is 21.1. The highest BCUT2D eigenvalue weighted by Gasteiger charge is 2.22. The SMILES string of the molecule is CC(C)n1cc(C(Nc2cc(Cl)c3ncc(C#N)c(Nc4ccc(F)c(Cl)c4)c3c2)c2cocn2)nn1. The van der Waals surface area contributed by atoms with E-state index in [0.29, 0.717) is 44.4 Å². The Labute approximate surface area is 220 Å². The van der Waals surface area contributed by atoms with Gasteiger partial charge in [-0.1, -0.05) is 28.4 Å². The Bertz CT molecular complexity index is 1630. The molecule has 0 saturated heterocycles. The molecule has 0 fully saturated rings. The quantitative estimate of drug-likeness (QED) is 0.237. The van der Waals surface area contributed by atoms with Gasteiger partial charge in [-0.25, -0.2) is 14.1 Å². The van der Waals surface area contributed by atoms with Gasteiger partial charge in [-0.3, -0.25) is 4.98 Å². The lowest BCUT2D eigenvalue weighted by molar-refractivity contribution is 0.514. The maximum Gasteiger partial charge on any atom is 0.180 e. The summed E-state index contributed by atoms with van der Waals surface area (Å²) in [6, 6.07) is 9.50. The van der Waals surface area contributed by atoms with Gasteiger partial charge in [0.2, 0.25) is 0 Å². The van der Waals surface area contributed by atoms with Gasteiger partial charge >= 0.3 is 0 Å². The fourth-order valence-electron chi connectivity index (χ4n) is 3.79. The van der Waals surface area contributed by atoms with Crippen molar-refractivity contribution in [2.24, 2.45) is 0 Å². The summed E-state index contributed by atoms with van der Waals surface area (Å²) in [5, 5.41) is 25.7. The Morgan fingerprint density at radius 3 is 2.57 bits per heavy atom. The van der Waals surface area contributed by atoms with Gasteiger partial charge in [0.15, 0.2) is 6.39 Å². The summed E-state index contributed by atoms with van der Waals surface area (Å²) in [6.45, 7) is 4.01. The maximum atomic E-state index is 13.7. The van der Waals surface area contributed by atoms with Crippen molar-refractivity contribution in [1.82, 2.24) is 25.0 Å². The molecule has 2 aromatic carbocycles. The molecular weight excluding hydrogens is 518 g/mol. The van der Waals surface area contributed by atoms with E-state index >= 15 is 0 Å². The van der Waals surface area contributed by atoms with Gasteiger partial charge < -0.3 is 15.1 Å². The first-order chi connectivity index (χ1) is 17.8. The third-order valence-corrected chi connectivity index (χ3v) is 6.22. The van der Waals surface area contributed by atoms with Crippen LogP contribution < -0.4 is 10.6 Å². The molecule has 0 saturated carbocycles. The number of benzene rings is 2. The van der Waals surface area contributed by atoms with Crippen LogP contribution in [0.3, 0.4) is 0 Å². The van der Waals surface area contributed by atoms with E-state index in [1.807, 2.05) is 26.1 Å². The van der Waals surface area contributed by atoms with Crippen molar-refractivity contribution in [3.63, 3.8) is 0 Å². The van der Waals surface area contributed by atoms with E-state index in [2.05, 4.69) is 37.0 Å². The molecule has 5 aromatic rings. The number of fused-ring (bicyclic) bond motifs is 1. The molecule has 1 unspecified atom stereocenters. The van der Waals surface area contributed by atoms with Gasteiger partial charge in [0.1, 0.15) is 35.6 Å². The Hall–Kier alpha value is -4.20. The molecule has 12 heteroatoms. The molecule has 0 radical (unpaired) electrons. The van der Waals surface area contributed by atoms with E-state index in [9.17, 15) is 9.65 Å². The second-order valence-corrected chi connectivity index (χ2v) is 9.29. The maximum absolute atomic E-state index is 13.7. The van der Waals surface area contributed by atoms with Gasteiger partial charge in [0.25, 0.3) is 0 Å². The number of halogens is 3. The van der Waals surface area contributed by atoms with Gasteiger partial charge in [0.05, 0.1) is 33.0 Å². The standard InChI is InChI=1S/C25H19Cl2FN8O/c1-13(2)36-10-21(34-35-36)25(22-11-37-12-31-22)33-16-5-17-23(32-15-3-4-20(28)18(26)6-15)14(8-29)9-30-24(17)19(27)7-16/h3-7,9-13,25,33H,1-2H3,(H,30,32). The number of hydrogen-bond acceptors (Lipinski definition) is 8. The Kier molecular flexibility index (Phi) is 6.65. The van der Waals surface area contributed by atoms with Crippen LogP contribution >= 0.6 is 23.2 Å². The first kappa shape index (κ1) is 24.5. The number of anilines is 3. The molecule has 0 aliphatic heterocycles. The third-order valence-electron chi connectivity index (χ3n) is 5.65. The summed E-state index contributed by atoms with van der Waals surface area (Å²) in [5.41, 5.74) is 3.53. The molecule has 0 aliphatic carbocycles. The molecule has 186 valence electrons. The van der Waals surface area contributed by atoms with Gasteiger partial charge in [-0.05, 0) is 44.2 Å². The number of nitrogens with zero attached hydrogens (tertiary/aromatic N) is 6. The highest BCUT2D eigenvalue weighted by molar-refractivity contribution is 6.36. The lowest BCUT2D eigenvalue weighted by Crippen LogP contribution is -2.13. The molecule has 0 spiro atoms. The van der Waals surface area contributed by atoms with Crippen molar-refractivity contribution in [3.8, 4) is 6.07 Å².